The Morgan fingerprint density at radius 3 is 2.47 bits per heavy atom. The predicted molar refractivity (Wildman–Crippen MR) is 78.7 cm³/mol. The quantitative estimate of drug-likeness (QED) is 0.726. The molecule has 0 aliphatic carbocycles. The second kappa shape index (κ2) is 7.17. The molecule has 1 heterocycles. The maximum Gasteiger partial charge on any atom is 0.00512 e. The SMILES string of the molecule is CCC(CC)(CNCC(C)C)Cc1cccs1. The van der Waals surface area contributed by atoms with Crippen LogP contribution in [0.2, 0.25) is 0 Å². The third-order valence-corrected chi connectivity index (χ3v) is 4.56. The molecule has 17 heavy (non-hydrogen) atoms. The van der Waals surface area contributed by atoms with Crippen LogP contribution in [-0.4, -0.2) is 13.1 Å². The summed E-state index contributed by atoms with van der Waals surface area (Å²) in [5.41, 5.74) is 0.444. The minimum atomic E-state index is 0.444. The normalized spacial score (nSPS) is 12.3. The molecule has 1 aromatic rings. The second-order valence-corrected chi connectivity index (χ2v) is 6.52. The molecule has 0 aromatic carbocycles. The molecule has 0 atom stereocenters. The van der Waals surface area contributed by atoms with E-state index in [2.05, 4.69) is 50.5 Å². The smallest absolute Gasteiger partial charge is 0.00512 e. The summed E-state index contributed by atoms with van der Waals surface area (Å²) in [6.45, 7) is 11.5. The Hall–Kier alpha value is -0.340. The topological polar surface area (TPSA) is 12.0 Å². The summed E-state index contributed by atoms with van der Waals surface area (Å²) in [6, 6.07) is 4.44. The van der Waals surface area contributed by atoms with Gasteiger partial charge in [0.15, 0.2) is 0 Å². The van der Waals surface area contributed by atoms with Crippen molar-refractivity contribution in [3.8, 4) is 0 Å². The molecule has 0 aliphatic heterocycles. The average Bonchev–Trinajstić information content (AvgIpc) is 2.80. The Labute approximate surface area is 111 Å². The number of thiophene rings is 1. The maximum atomic E-state index is 3.64. The molecule has 1 rings (SSSR count). The van der Waals surface area contributed by atoms with Crippen molar-refractivity contribution in [3.05, 3.63) is 22.4 Å². The highest BCUT2D eigenvalue weighted by Gasteiger charge is 2.26. The number of nitrogens with one attached hydrogen (secondary N) is 1. The van der Waals surface area contributed by atoms with Crippen molar-refractivity contribution in [1.82, 2.24) is 5.32 Å². The van der Waals surface area contributed by atoms with Crippen LogP contribution in [0.3, 0.4) is 0 Å². The molecule has 0 fully saturated rings. The van der Waals surface area contributed by atoms with Gasteiger partial charge in [-0.25, -0.2) is 0 Å². The maximum absolute atomic E-state index is 3.64. The van der Waals surface area contributed by atoms with Gasteiger partial charge in [0.25, 0.3) is 0 Å². The molecule has 0 aliphatic rings. The second-order valence-electron chi connectivity index (χ2n) is 5.49. The lowest BCUT2D eigenvalue weighted by Crippen LogP contribution is -2.36. The number of hydrogen-bond donors (Lipinski definition) is 1. The van der Waals surface area contributed by atoms with E-state index in [1.165, 1.54) is 24.1 Å². The fourth-order valence-corrected chi connectivity index (χ4v) is 3.10. The summed E-state index contributed by atoms with van der Waals surface area (Å²) in [5, 5.41) is 5.83. The Morgan fingerprint density at radius 1 is 1.29 bits per heavy atom. The summed E-state index contributed by atoms with van der Waals surface area (Å²) in [7, 11) is 0. The van der Waals surface area contributed by atoms with Crippen LogP contribution in [0.4, 0.5) is 0 Å². The molecule has 2 heteroatoms. The summed E-state index contributed by atoms with van der Waals surface area (Å²) in [4.78, 5) is 1.53. The third-order valence-electron chi connectivity index (χ3n) is 3.68. The van der Waals surface area contributed by atoms with Gasteiger partial charge in [0, 0.05) is 11.4 Å². The van der Waals surface area contributed by atoms with Gasteiger partial charge in [-0.05, 0) is 48.6 Å². The van der Waals surface area contributed by atoms with Crippen molar-refractivity contribution in [2.75, 3.05) is 13.1 Å². The lowest BCUT2D eigenvalue weighted by Gasteiger charge is -2.32. The molecule has 0 bridgehead atoms. The van der Waals surface area contributed by atoms with Crippen LogP contribution in [-0.2, 0) is 6.42 Å². The summed E-state index contributed by atoms with van der Waals surface area (Å²) < 4.78 is 0. The zero-order valence-corrected chi connectivity index (χ0v) is 12.6. The molecule has 0 radical (unpaired) electrons. The fourth-order valence-electron chi connectivity index (χ4n) is 2.22. The lowest BCUT2D eigenvalue weighted by atomic mass is 9.78. The van der Waals surface area contributed by atoms with Crippen LogP contribution in [0.1, 0.15) is 45.4 Å². The van der Waals surface area contributed by atoms with Gasteiger partial charge in [0.05, 0.1) is 0 Å². The van der Waals surface area contributed by atoms with Crippen LogP contribution in [0.25, 0.3) is 0 Å². The Kier molecular flexibility index (Phi) is 6.21. The third kappa shape index (κ3) is 4.81. The van der Waals surface area contributed by atoms with Crippen LogP contribution in [0, 0.1) is 11.3 Å². The van der Waals surface area contributed by atoms with Gasteiger partial charge < -0.3 is 5.32 Å². The first kappa shape index (κ1) is 14.7. The van der Waals surface area contributed by atoms with Gasteiger partial charge in [0.1, 0.15) is 0 Å². The van der Waals surface area contributed by atoms with Crippen molar-refractivity contribution in [1.29, 1.82) is 0 Å². The lowest BCUT2D eigenvalue weighted by molar-refractivity contribution is 0.244. The van der Waals surface area contributed by atoms with Gasteiger partial charge in [-0.3, -0.25) is 0 Å². The molecule has 1 N–H and O–H groups in total. The van der Waals surface area contributed by atoms with E-state index < -0.39 is 0 Å². The van der Waals surface area contributed by atoms with Crippen LogP contribution < -0.4 is 5.32 Å². The number of hydrogen-bond acceptors (Lipinski definition) is 2. The molecule has 1 nitrogen and oxygen atoms in total. The van der Waals surface area contributed by atoms with E-state index in [0.29, 0.717) is 5.41 Å². The Balaban J connectivity index is 2.55. The predicted octanol–water partition coefficient (Wildman–Crippen LogP) is 4.34. The van der Waals surface area contributed by atoms with Gasteiger partial charge >= 0.3 is 0 Å². The highest BCUT2D eigenvalue weighted by Crippen LogP contribution is 2.31. The van der Waals surface area contributed by atoms with Crippen molar-refractivity contribution >= 4 is 11.3 Å². The molecule has 98 valence electrons. The van der Waals surface area contributed by atoms with Crippen LogP contribution in [0.15, 0.2) is 17.5 Å². The summed E-state index contributed by atoms with van der Waals surface area (Å²) in [5.74, 6) is 0.739. The molecule has 0 amide bonds. The van der Waals surface area contributed by atoms with Crippen molar-refractivity contribution < 1.29 is 0 Å². The van der Waals surface area contributed by atoms with E-state index in [-0.39, 0.29) is 0 Å². The van der Waals surface area contributed by atoms with Crippen LogP contribution in [0.5, 0.6) is 0 Å². The van der Waals surface area contributed by atoms with Gasteiger partial charge in [-0.15, -0.1) is 11.3 Å². The van der Waals surface area contributed by atoms with Gasteiger partial charge in [-0.1, -0.05) is 33.8 Å². The molecule has 0 saturated carbocycles. The van der Waals surface area contributed by atoms with Crippen molar-refractivity contribution in [3.63, 3.8) is 0 Å². The largest absolute Gasteiger partial charge is 0.316 e. The molecular formula is C15H27NS. The first-order valence-corrected chi connectivity index (χ1v) is 7.73. The van der Waals surface area contributed by atoms with E-state index in [1.54, 1.807) is 0 Å². The van der Waals surface area contributed by atoms with E-state index in [4.69, 9.17) is 0 Å². The van der Waals surface area contributed by atoms with Gasteiger partial charge in [0.2, 0.25) is 0 Å². The summed E-state index contributed by atoms with van der Waals surface area (Å²) >= 11 is 1.89. The zero-order valence-electron chi connectivity index (χ0n) is 11.8. The average molecular weight is 253 g/mol. The van der Waals surface area contributed by atoms with Crippen molar-refractivity contribution in [2.24, 2.45) is 11.3 Å². The molecule has 0 saturated heterocycles. The minimum absolute atomic E-state index is 0.444. The summed E-state index contributed by atoms with van der Waals surface area (Å²) in [6.07, 6.45) is 3.74. The van der Waals surface area contributed by atoms with Crippen molar-refractivity contribution in [2.45, 2.75) is 47.0 Å². The molecule has 1 aromatic heterocycles. The fraction of sp³-hybridized carbons (Fsp3) is 0.733. The highest BCUT2D eigenvalue weighted by molar-refractivity contribution is 7.09. The first-order valence-electron chi connectivity index (χ1n) is 6.85. The highest BCUT2D eigenvalue weighted by atomic mass is 32.1. The van der Waals surface area contributed by atoms with Gasteiger partial charge in [-0.2, -0.15) is 0 Å². The minimum Gasteiger partial charge on any atom is -0.316 e. The van der Waals surface area contributed by atoms with E-state index in [0.717, 1.165) is 19.0 Å². The zero-order chi connectivity index (χ0) is 12.7. The monoisotopic (exact) mass is 253 g/mol. The molecule has 0 spiro atoms. The standard InChI is InChI=1S/C15H27NS/c1-5-15(6-2,12-16-11-13(3)4)10-14-8-7-9-17-14/h7-9,13,16H,5-6,10-12H2,1-4H3. The van der Waals surface area contributed by atoms with Crippen LogP contribution >= 0.6 is 11.3 Å². The number of rotatable bonds is 8. The molecule has 0 unspecified atom stereocenters. The first-order chi connectivity index (χ1) is 8.12. The van der Waals surface area contributed by atoms with E-state index in [9.17, 15) is 0 Å². The Bertz CT molecular complexity index is 286. The van der Waals surface area contributed by atoms with E-state index >= 15 is 0 Å². The molecular weight excluding hydrogens is 226 g/mol. The van der Waals surface area contributed by atoms with E-state index in [1.807, 2.05) is 11.3 Å². The Morgan fingerprint density at radius 2 is 2.00 bits per heavy atom.